The van der Waals surface area contributed by atoms with Crippen LogP contribution >= 0.6 is 0 Å². The average Bonchev–Trinajstić information content (AvgIpc) is 3.39. The number of fused-ring (bicyclic) bond motifs is 4. The van der Waals surface area contributed by atoms with Gasteiger partial charge in [0.15, 0.2) is 23.0 Å². The van der Waals surface area contributed by atoms with Crippen LogP contribution in [0.15, 0.2) is 12.1 Å². The molecule has 0 spiro atoms. The molecule has 0 unspecified atom stereocenters. The molecular formula is C29H36O10. The van der Waals surface area contributed by atoms with Gasteiger partial charge < -0.3 is 37.9 Å². The first kappa shape index (κ1) is 28.2. The van der Waals surface area contributed by atoms with Gasteiger partial charge in [0.25, 0.3) is 0 Å². The zero-order valence-electron chi connectivity index (χ0n) is 23.7. The minimum absolute atomic E-state index is 0.00678. The fraction of sp³-hybridized carbons (Fsp3) is 0.517. The van der Waals surface area contributed by atoms with E-state index in [4.69, 9.17) is 37.9 Å². The highest BCUT2D eigenvalue weighted by Crippen LogP contribution is 2.60. The van der Waals surface area contributed by atoms with Crippen molar-refractivity contribution in [3.63, 3.8) is 0 Å². The molecule has 0 N–H and O–H groups in total. The molecule has 0 aromatic heterocycles. The third-order valence-electron chi connectivity index (χ3n) is 7.37. The fourth-order valence-electron chi connectivity index (χ4n) is 5.41. The Bertz CT molecular complexity index is 1250. The fourth-order valence-corrected chi connectivity index (χ4v) is 5.41. The molecule has 2 aliphatic rings. The maximum atomic E-state index is 12.9. The maximum absolute atomic E-state index is 12.9. The molecule has 0 bridgehead atoms. The summed E-state index contributed by atoms with van der Waals surface area (Å²) in [6, 6.07) is 3.60. The zero-order valence-corrected chi connectivity index (χ0v) is 23.7. The number of rotatable bonds is 8. The van der Waals surface area contributed by atoms with Crippen LogP contribution in [0.4, 0.5) is 0 Å². The van der Waals surface area contributed by atoms with Crippen molar-refractivity contribution in [2.45, 2.75) is 52.7 Å². The van der Waals surface area contributed by atoms with Crippen molar-refractivity contribution in [1.29, 1.82) is 0 Å². The first-order chi connectivity index (χ1) is 18.7. The lowest BCUT2D eigenvalue weighted by molar-refractivity contribution is -0.159. The Morgan fingerprint density at radius 2 is 1.41 bits per heavy atom. The van der Waals surface area contributed by atoms with Crippen LogP contribution in [0.25, 0.3) is 11.1 Å². The second-order valence-corrected chi connectivity index (χ2v) is 9.63. The third-order valence-corrected chi connectivity index (χ3v) is 7.37. The van der Waals surface area contributed by atoms with Gasteiger partial charge in [-0.15, -0.1) is 0 Å². The Labute approximate surface area is 228 Å². The van der Waals surface area contributed by atoms with E-state index in [-0.39, 0.29) is 31.0 Å². The summed E-state index contributed by atoms with van der Waals surface area (Å²) in [6.45, 7) is 7.21. The summed E-state index contributed by atoms with van der Waals surface area (Å²) in [5.74, 6) is 0.915. The van der Waals surface area contributed by atoms with Gasteiger partial charge in [-0.3, -0.25) is 9.59 Å². The molecule has 4 atom stereocenters. The number of methoxy groups -OCH3 is 4. The van der Waals surface area contributed by atoms with Crippen molar-refractivity contribution in [2.75, 3.05) is 35.2 Å². The van der Waals surface area contributed by atoms with Crippen LogP contribution in [0.3, 0.4) is 0 Å². The van der Waals surface area contributed by atoms with Gasteiger partial charge in [0, 0.05) is 47.4 Å². The van der Waals surface area contributed by atoms with Gasteiger partial charge in [0.05, 0.1) is 28.4 Å². The summed E-state index contributed by atoms with van der Waals surface area (Å²) >= 11 is 0. The predicted molar refractivity (Wildman–Crippen MR) is 141 cm³/mol. The van der Waals surface area contributed by atoms with E-state index in [9.17, 15) is 9.59 Å². The molecule has 2 aromatic rings. The van der Waals surface area contributed by atoms with Gasteiger partial charge in [0.2, 0.25) is 18.3 Å². The molecule has 39 heavy (non-hydrogen) atoms. The molecule has 212 valence electrons. The van der Waals surface area contributed by atoms with Crippen LogP contribution in [0.2, 0.25) is 0 Å². The lowest BCUT2D eigenvalue weighted by Gasteiger charge is -2.38. The Morgan fingerprint density at radius 1 is 0.821 bits per heavy atom. The topological polar surface area (TPSA) is 108 Å². The molecule has 1 aliphatic heterocycles. The summed E-state index contributed by atoms with van der Waals surface area (Å²) in [5.41, 5.74) is 2.37. The molecular weight excluding hydrogens is 508 g/mol. The molecule has 10 nitrogen and oxygen atoms in total. The monoisotopic (exact) mass is 544 g/mol. The minimum atomic E-state index is -0.753. The maximum Gasteiger partial charge on any atom is 0.306 e. The molecule has 0 amide bonds. The Balaban J connectivity index is 2.19. The second-order valence-electron chi connectivity index (χ2n) is 9.63. The van der Waals surface area contributed by atoms with Crippen LogP contribution in [-0.2, 0) is 19.1 Å². The number of hydrogen-bond acceptors (Lipinski definition) is 10. The van der Waals surface area contributed by atoms with Gasteiger partial charge in [-0.2, -0.15) is 0 Å². The number of hydrogen-bond donors (Lipinski definition) is 0. The summed E-state index contributed by atoms with van der Waals surface area (Å²) < 4.78 is 46.9. The van der Waals surface area contributed by atoms with E-state index in [1.165, 1.54) is 35.4 Å². The normalized spacial score (nSPS) is 21.0. The van der Waals surface area contributed by atoms with Crippen molar-refractivity contribution < 1.29 is 47.5 Å². The van der Waals surface area contributed by atoms with Crippen LogP contribution in [0.5, 0.6) is 34.5 Å². The number of esters is 2. The molecule has 0 saturated carbocycles. The van der Waals surface area contributed by atoms with Crippen molar-refractivity contribution in [2.24, 2.45) is 11.8 Å². The quantitative estimate of drug-likeness (QED) is 0.401. The standard InChI is InChI=1S/C29H36O10/c1-9-10-21(31)39-25-15(3)14(2)24(38-16(4)30)17-11-19(32-5)26(33-6)28(34-7)22(17)23-18(25)12-20-27(29(23)35-8)37-13-36-20/h11-12,14-15,24-25H,9-10,13H2,1-8H3/t14-,15+,24+,25+/m0/s1. The van der Waals surface area contributed by atoms with Crippen LogP contribution in [0, 0.1) is 11.8 Å². The molecule has 4 rings (SSSR count). The first-order valence-corrected chi connectivity index (χ1v) is 12.9. The van der Waals surface area contributed by atoms with Crippen molar-refractivity contribution >= 4 is 11.9 Å². The molecule has 0 fully saturated rings. The molecule has 1 aliphatic carbocycles. The highest BCUT2D eigenvalue weighted by Gasteiger charge is 2.44. The van der Waals surface area contributed by atoms with Gasteiger partial charge in [-0.05, 0) is 18.6 Å². The van der Waals surface area contributed by atoms with E-state index in [1.807, 2.05) is 26.8 Å². The van der Waals surface area contributed by atoms with Crippen LogP contribution < -0.4 is 28.4 Å². The van der Waals surface area contributed by atoms with Crippen molar-refractivity contribution in [3.8, 4) is 45.6 Å². The first-order valence-electron chi connectivity index (χ1n) is 12.9. The van der Waals surface area contributed by atoms with E-state index < -0.39 is 18.2 Å². The Hall–Kier alpha value is -3.82. The van der Waals surface area contributed by atoms with Gasteiger partial charge >= 0.3 is 11.9 Å². The third kappa shape index (κ3) is 4.88. The zero-order chi connectivity index (χ0) is 28.4. The molecule has 0 radical (unpaired) electrons. The molecule has 0 saturated heterocycles. The number of benzene rings is 2. The Kier molecular flexibility index (Phi) is 8.32. The van der Waals surface area contributed by atoms with Crippen molar-refractivity contribution in [1.82, 2.24) is 0 Å². The van der Waals surface area contributed by atoms with Crippen LogP contribution in [0.1, 0.15) is 63.9 Å². The average molecular weight is 545 g/mol. The van der Waals surface area contributed by atoms with E-state index in [2.05, 4.69) is 0 Å². The SMILES string of the molecule is CCCC(=O)O[C@H]1c2cc3c(c(OC)c2-c2c(cc(OC)c(OC)c2OC)[C@H](OC(C)=O)[C@@H](C)[C@H]1C)OCO3. The summed E-state index contributed by atoms with van der Waals surface area (Å²) in [5, 5.41) is 0. The molecule has 2 aromatic carbocycles. The van der Waals surface area contributed by atoms with Gasteiger partial charge in [-0.1, -0.05) is 20.8 Å². The smallest absolute Gasteiger partial charge is 0.306 e. The second kappa shape index (κ2) is 11.5. The molecule has 10 heteroatoms. The van der Waals surface area contributed by atoms with E-state index in [1.54, 1.807) is 6.07 Å². The number of ether oxygens (including phenoxy) is 8. The summed E-state index contributed by atoms with van der Waals surface area (Å²) in [6.07, 6.45) is -0.595. The molecule has 1 heterocycles. The lowest BCUT2D eigenvalue weighted by Crippen LogP contribution is -2.31. The Morgan fingerprint density at radius 3 is 1.97 bits per heavy atom. The van der Waals surface area contributed by atoms with Gasteiger partial charge in [0.1, 0.15) is 12.2 Å². The number of carbonyl (C=O) groups excluding carboxylic acids is 2. The van der Waals surface area contributed by atoms with Gasteiger partial charge in [-0.25, -0.2) is 0 Å². The number of carbonyl (C=O) groups is 2. The highest BCUT2D eigenvalue weighted by atomic mass is 16.7. The minimum Gasteiger partial charge on any atom is -0.493 e. The summed E-state index contributed by atoms with van der Waals surface area (Å²) in [4.78, 5) is 25.3. The summed E-state index contributed by atoms with van der Waals surface area (Å²) in [7, 11) is 6.07. The van der Waals surface area contributed by atoms with Crippen molar-refractivity contribution in [3.05, 3.63) is 23.3 Å². The predicted octanol–water partition coefficient (Wildman–Crippen LogP) is 5.39. The largest absolute Gasteiger partial charge is 0.493 e. The van der Waals surface area contributed by atoms with E-state index in [0.29, 0.717) is 63.2 Å². The van der Waals surface area contributed by atoms with E-state index >= 15 is 0 Å². The van der Waals surface area contributed by atoms with E-state index in [0.717, 1.165) is 0 Å². The van der Waals surface area contributed by atoms with Crippen LogP contribution in [-0.4, -0.2) is 47.2 Å². The lowest BCUT2D eigenvalue weighted by atomic mass is 9.74. The highest BCUT2D eigenvalue weighted by molar-refractivity contribution is 5.89.